The van der Waals surface area contributed by atoms with Crippen LogP contribution >= 0.6 is 0 Å². The van der Waals surface area contributed by atoms with Gasteiger partial charge in [0.15, 0.2) is 0 Å². The fraction of sp³-hybridized carbons (Fsp3) is 0.538. The lowest BCUT2D eigenvalue weighted by Gasteiger charge is -2.13. The summed E-state index contributed by atoms with van der Waals surface area (Å²) in [5.41, 5.74) is 0.746. The summed E-state index contributed by atoms with van der Waals surface area (Å²) in [6.07, 6.45) is 0. The topological polar surface area (TPSA) is 76.4 Å². The molecule has 2 N–H and O–H groups in total. The van der Waals surface area contributed by atoms with Crippen LogP contribution in [0.4, 0.5) is 11.4 Å². The van der Waals surface area contributed by atoms with E-state index in [2.05, 4.69) is 17.6 Å². The molecule has 106 valence electrons. The molecule has 19 heavy (non-hydrogen) atoms. The Hall–Kier alpha value is -1.82. The second-order valence-corrected chi connectivity index (χ2v) is 4.45. The van der Waals surface area contributed by atoms with Crippen molar-refractivity contribution in [2.75, 3.05) is 32.1 Å². The molecule has 6 nitrogen and oxygen atoms in total. The zero-order chi connectivity index (χ0) is 14.3. The zero-order valence-electron chi connectivity index (χ0n) is 11.6. The molecule has 0 aromatic heterocycles. The third-order valence-electron chi connectivity index (χ3n) is 2.62. The molecule has 0 fully saturated rings. The van der Waals surface area contributed by atoms with Gasteiger partial charge in [-0.2, -0.15) is 0 Å². The maximum atomic E-state index is 10.9. The van der Waals surface area contributed by atoms with Crippen LogP contribution in [0.1, 0.15) is 13.8 Å². The van der Waals surface area contributed by atoms with Crippen LogP contribution in [0, 0.1) is 16.0 Å². The maximum absolute atomic E-state index is 10.9. The number of hydrogen-bond acceptors (Lipinski definition) is 5. The van der Waals surface area contributed by atoms with Gasteiger partial charge >= 0.3 is 0 Å². The quantitative estimate of drug-likeness (QED) is 0.558. The largest absolute Gasteiger partial charge is 0.494 e. The summed E-state index contributed by atoms with van der Waals surface area (Å²) in [6, 6.07) is 4.74. The third-order valence-corrected chi connectivity index (χ3v) is 2.62. The predicted molar refractivity (Wildman–Crippen MR) is 75.8 cm³/mol. The number of rotatable bonds is 8. The minimum Gasteiger partial charge on any atom is -0.494 e. The first-order chi connectivity index (χ1) is 9.06. The molecule has 0 aliphatic rings. The van der Waals surface area contributed by atoms with Crippen LogP contribution in [-0.4, -0.2) is 31.7 Å². The van der Waals surface area contributed by atoms with E-state index in [4.69, 9.17) is 4.74 Å². The Morgan fingerprint density at radius 2 is 2.11 bits per heavy atom. The maximum Gasteiger partial charge on any atom is 0.275 e. The molecular formula is C13H21N3O3. The molecule has 0 aliphatic heterocycles. The van der Waals surface area contributed by atoms with Gasteiger partial charge in [-0.1, -0.05) is 6.92 Å². The molecule has 0 saturated carbocycles. The predicted octanol–water partition coefficient (Wildman–Crippen LogP) is 2.26. The zero-order valence-corrected chi connectivity index (χ0v) is 11.6. The molecule has 1 rings (SSSR count). The van der Waals surface area contributed by atoms with Gasteiger partial charge in [0, 0.05) is 24.4 Å². The Morgan fingerprint density at radius 3 is 2.68 bits per heavy atom. The molecule has 0 aliphatic carbocycles. The van der Waals surface area contributed by atoms with Crippen molar-refractivity contribution in [1.29, 1.82) is 0 Å². The van der Waals surface area contributed by atoms with Gasteiger partial charge < -0.3 is 15.4 Å². The molecule has 0 spiro atoms. The van der Waals surface area contributed by atoms with E-state index >= 15 is 0 Å². The van der Waals surface area contributed by atoms with Gasteiger partial charge in [-0.15, -0.1) is 0 Å². The molecule has 0 radical (unpaired) electrons. The van der Waals surface area contributed by atoms with E-state index in [9.17, 15) is 10.1 Å². The van der Waals surface area contributed by atoms with Gasteiger partial charge in [0.05, 0.1) is 17.6 Å². The number of anilines is 1. The minimum absolute atomic E-state index is 0.0368. The van der Waals surface area contributed by atoms with Gasteiger partial charge in [-0.25, -0.2) is 0 Å². The summed E-state index contributed by atoms with van der Waals surface area (Å²) in [6.45, 7) is 6.07. The lowest BCUT2D eigenvalue weighted by molar-refractivity contribution is -0.384. The average molecular weight is 267 g/mol. The first-order valence-electron chi connectivity index (χ1n) is 6.37. The number of ether oxygens (including phenoxy) is 1. The molecule has 1 aromatic rings. The normalized spacial score (nSPS) is 11.9. The Morgan fingerprint density at radius 1 is 1.37 bits per heavy atom. The fourth-order valence-electron chi connectivity index (χ4n) is 1.75. The van der Waals surface area contributed by atoms with E-state index < -0.39 is 4.92 Å². The van der Waals surface area contributed by atoms with E-state index in [1.165, 1.54) is 12.1 Å². The second kappa shape index (κ2) is 7.58. The lowest BCUT2D eigenvalue weighted by atomic mass is 10.1. The highest BCUT2D eigenvalue weighted by Gasteiger charge is 2.11. The Bertz CT molecular complexity index is 424. The number of hydrogen-bond donors (Lipinski definition) is 2. The smallest absolute Gasteiger partial charge is 0.275 e. The van der Waals surface area contributed by atoms with Crippen LogP contribution in [0.15, 0.2) is 18.2 Å². The summed E-state index contributed by atoms with van der Waals surface area (Å²) in [4.78, 5) is 10.5. The molecule has 1 atom stereocenters. The second-order valence-electron chi connectivity index (χ2n) is 4.45. The van der Waals surface area contributed by atoms with E-state index in [0.29, 0.717) is 24.0 Å². The van der Waals surface area contributed by atoms with Crippen LogP contribution < -0.4 is 15.4 Å². The molecule has 6 heteroatoms. The van der Waals surface area contributed by atoms with Gasteiger partial charge in [0.2, 0.25) is 0 Å². The van der Waals surface area contributed by atoms with E-state index in [-0.39, 0.29) is 5.69 Å². The molecular weight excluding hydrogens is 246 g/mol. The number of nitrogens with one attached hydrogen (secondary N) is 2. The van der Waals surface area contributed by atoms with Crippen molar-refractivity contribution in [2.45, 2.75) is 13.8 Å². The van der Waals surface area contributed by atoms with Crippen LogP contribution in [0.2, 0.25) is 0 Å². The van der Waals surface area contributed by atoms with Crippen molar-refractivity contribution in [3.63, 3.8) is 0 Å². The number of nitrogens with zero attached hydrogens (tertiary/aromatic N) is 1. The fourth-order valence-corrected chi connectivity index (χ4v) is 1.75. The Balaban J connectivity index is 2.78. The molecule has 1 aromatic carbocycles. The SMILES string of the molecule is CCOc1cc(NCC(C)CNC)cc([N+](=O)[O-])c1. The highest BCUT2D eigenvalue weighted by Crippen LogP contribution is 2.26. The Kier molecular flexibility index (Phi) is 6.08. The highest BCUT2D eigenvalue weighted by molar-refractivity contribution is 5.56. The third kappa shape index (κ3) is 5.13. The van der Waals surface area contributed by atoms with Crippen molar-refractivity contribution < 1.29 is 9.66 Å². The molecule has 0 heterocycles. The van der Waals surface area contributed by atoms with Crippen LogP contribution in [0.25, 0.3) is 0 Å². The van der Waals surface area contributed by atoms with Crippen molar-refractivity contribution in [3.8, 4) is 5.75 Å². The van der Waals surface area contributed by atoms with Gasteiger partial charge in [0.1, 0.15) is 5.75 Å². The number of benzene rings is 1. The van der Waals surface area contributed by atoms with Gasteiger partial charge in [-0.05, 0) is 26.4 Å². The molecule has 0 amide bonds. The van der Waals surface area contributed by atoms with Crippen LogP contribution in [0.5, 0.6) is 5.75 Å². The number of non-ortho nitro benzene ring substituents is 1. The summed E-state index contributed by atoms with van der Waals surface area (Å²) in [7, 11) is 1.90. The lowest BCUT2D eigenvalue weighted by Crippen LogP contribution is -2.22. The molecule has 0 bridgehead atoms. The highest BCUT2D eigenvalue weighted by atomic mass is 16.6. The first kappa shape index (κ1) is 15.2. The van der Waals surface area contributed by atoms with Crippen LogP contribution in [0.3, 0.4) is 0 Å². The van der Waals surface area contributed by atoms with Crippen molar-refractivity contribution >= 4 is 11.4 Å². The summed E-state index contributed by atoms with van der Waals surface area (Å²) in [5.74, 6) is 0.945. The number of nitro groups is 1. The molecule has 1 unspecified atom stereocenters. The summed E-state index contributed by atoms with van der Waals surface area (Å²) in [5, 5.41) is 17.2. The van der Waals surface area contributed by atoms with Crippen molar-refractivity contribution in [1.82, 2.24) is 5.32 Å². The minimum atomic E-state index is -0.412. The number of nitro benzene ring substituents is 1. The molecule has 0 saturated heterocycles. The average Bonchev–Trinajstić information content (AvgIpc) is 2.37. The monoisotopic (exact) mass is 267 g/mol. The first-order valence-corrected chi connectivity index (χ1v) is 6.37. The summed E-state index contributed by atoms with van der Waals surface area (Å²) < 4.78 is 5.33. The van der Waals surface area contributed by atoms with E-state index in [1.807, 2.05) is 14.0 Å². The standard InChI is InChI=1S/C13H21N3O3/c1-4-19-13-6-11(5-12(7-13)16(17)18)15-9-10(2)8-14-3/h5-7,10,14-15H,4,8-9H2,1-3H3. The van der Waals surface area contributed by atoms with Gasteiger partial charge in [0.25, 0.3) is 5.69 Å². The van der Waals surface area contributed by atoms with Crippen molar-refractivity contribution in [2.24, 2.45) is 5.92 Å². The summed E-state index contributed by atoms with van der Waals surface area (Å²) >= 11 is 0. The Labute approximate surface area is 113 Å². The van der Waals surface area contributed by atoms with Crippen molar-refractivity contribution in [3.05, 3.63) is 28.3 Å². The van der Waals surface area contributed by atoms with E-state index in [0.717, 1.165) is 13.1 Å². The van der Waals surface area contributed by atoms with Gasteiger partial charge in [-0.3, -0.25) is 10.1 Å². The van der Waals surface area contributed by atoms with E-state index in [1.54, 1.807) is 6.07 Å². The van der Waals surface area contributed by atoms with Crippen LogP contribution in [-0.2, 0) is 0 Å².